The highest BCUT2D eigenvalue weighted by atomic mass is 14.5. The first-order valence-electron chi connectivity index (χ1n) is 7.22. The van der Waals surface area contributed by atoms with Gasteiger partial charge in [-0.05, 0) is 41.2 Å². The summed E-state index contributed by atoms with van der Waals surface area (Å²) in [6.07, 6.45) is 6.22. The minimum atomic E-state index is 0.665. The SMILES string of the molecule is C1=CC2CC1C(c1ccccc1)C2c1ccccc1. The van der Waals surface area contributed by atoms with Gasteiger partial charge in [-0.25, -0.2) is 0 Å². The summed E-state index contributed by atoms with van der Waals surface area (Å²) >= 11 is 0. The standard InChI is InChI=1S/C19H18/c1-3-7-14(8-4-1)18-16-11-12-17(13-16)19(18)15-9-5-2-6-10-15/h1-12,16-19H,13H2. The molecule has 2 aromatic rings. The van der Waals surface area contributed by atoms with E-state index in [1.807, 2.05) is 0 Å². The lowest BCUT2D eigenvalue weighted by atomic mass is 9.75. The molecule has 0 aromatic heterocycles. The van der Waals surface area contributed by atoms with Crippen molar-refractivity contribution < 1.29 is 0 Å². The normalized spacial score (nSPS) is 31.8. The number of benzene rings is 2. The molecule has 0 heteroatoms. The van der Waals surface area contributed by atoms with Crippen LogP contribution in [0.2, 0.25) is 0 Å². The van der Waals surface area contributed by atoms with Crippen molar-refractivity contribution in [3.63, 3.8) is 0 Å². The van der Waals surface area contributed by atoms with Crippen LogP contribution in [0.15, 0.2) is 72.8 Å². The van der Waals surface area contributed by atoms with Gasteiger partial charge in [0.2, 0.25) is 0 Å². The Kier molecular flexibility index (Phi) is 2.55. The van der Waals surface area contributed by atoms with Crippen LogP contribution < -0.4 is 0 Å². The van der Waals surface area contributed by atoms with E-state index in [1.165, 1.54) is 17.5 Å². The van der Waals surface area contributed by atoms with E-state index in [2.05, 4.69) is 72.8 Å². The van der Waals surface area contributed by atoms with E-state index < -0.39 is 0 Å². The fraction of sp³-hybridized carbons (Fsp3) is 0.263. The summed E-state index contributed by atoms with van der Waals surface area (Å²) in [5, 5.41) is 0. The van der Waals surface area contributed by atoms with Crippen LogP contribution in [0, 0.1) is 11.8 Å². The molecule has 0 heterocycles. The lowest BCUT2D eigenvalue weighted by molar-refractivity contribution is 0.509. The minimum Gasteiger partial charge on any atom is -0.0845 e. The zero-order chi connectivity index (χ0) is 12.7. The first-order valence-corrected chi connectivity index (χ1v) is 7.22. The molecule has 0 radical (unpaired) electrons. The van der Waals surface area contributed by atoms with Gasteiger partial charge in [-0.1, -0.05) is 72.8 Å². The molecule has 0 saturated heterocycles. The minimum absolute atomic E-state index is 0.665. The van der Waals surface area contributed by atoms with Crippen LogP contribution in [-0.2, 0) is 0 Å². The Morgan fingerprint density at radius 1 is 0.579 bits per heavy atom. The van der Waals surface area contributed by atoms with Crippen molar-refractivity contribution in [1.82, 2.24) is 0 Å². The number of hydrogen-bond acceptors (Lipinski definition) is 0. The summed E-state index contributed by atoms with van der Waals surface area (Å²) in [5.74, 6) is 2.80. The van der Waals surface area contributed by atoms with E-state index in [-0.39, 0.29) is 0 Å². The van der Waals surface area contributed by atoms with Gasteiger partial charge in [-0.3, -0.25) is 0 Å². The second-order valence-corrected chi connectivity index (χ2v) is 5.82. The summed E-state index contributed by atoms with van der Waals surface area (Å²) in [4.78, 5) is 0. The molecule has 2 aliphatic rings. The first-order chi connectivity index (χ1) is 9.43. The van der Waals surface area contributed by atoms with E-state index in [4.69, 9.17) is 0 Å². The maximum Gasteiger partial charge on any atom is -0.00243 e. The van der Waals surface area contributed by atoms with Crippen LogP contribution in [-0.4, -0.2) is 0 Å². The highest BCUT2D eigenvalue weighted by Crippen LogP contribution is 2.57. The van der Waals surface area contributed by atoms with Crippen molar-refractivity contribution in [2.75, 3.05) is 0 Å². The van der Waals surface area contributed by atoms with Crippen LogP contribution >= 0.6 is 0 Å². The van der Waals surface area contributed by atoms with Gasteiger partial charge in [0, 0.05) is 0 Å². The van der Waals surface area contributed by atoms with E-state index >= 15 is 0 Å². The third kappa shape index (κ3) is 1.74. The Morgan fingerprint density at radius 3 is 1.42 bits per heavy atom. The molecule has 0 nitrogen and oxygen atoms in total. The largest absolute Gasteiger partial charge is 0.0845 e. The third-order valence-electron chi connectivity index (χ3n) is 4.83. The molecule has 0 N–H and O–H groups in total. The molecule has 2 bridgehead atoms. The Balaban J connectivity index is 1.79. The van der Waals surface area contributed by atoms with Gasteiger partial charge in [0.1, 0.15) is 0 Å². The second-order valence-electron chi connectivity index (χ2n) is 5.82. The van der Waals surface area contributed by atoms with Gasteiger partial charge >= 0.3 is 0 Å². The lowest BCUT2D eigenvalue weighted by Gasteiger charge is -2.29. The van der Waals surface area contributed by atoms with E-state index in [1.54, 1.807) is 0 Å². The van der Waals surface area contributed by atoms with Crippen molar-refractivity contribution in [3.8, 4) is 0 Å². The predicted octanol–water partition coefficient (Wildman–Crippen LogP) is 4.76. The second kappa shape index (κ2) is 4.38. The molecule has 2 aliphatic carbocycles. The van der Waals surface area contributed by atoms with Crippen molar-refractivity contribution in [1.29, 1.82) is 0 Å². The molecule has 0 spiro atoms. The molecule has 19 heavy (non-hydrogen) atoms. The monoisotopic (exact) mass is 246 g/mol. The van der Waals surface area contributed by atoms with Crippen molar-refractivity contribution >= 4 is 0 Å². The van der Waals surface area contributed by atoms with Crippen LogP contribution in [0.25, 0.3) is 0 Å². The van der Waals surface area contributed by atoms with Crippen molar-refractivity contribution in [3.05, 3.63) is 83.9 Å². The third-order valence-corrected chi connectivity index (χ3v) is 4.83. The Labute approximate surface area is 114 Å². The van der Waals surface area contributed by atoms with E-state index in [0.717, 1.165) is 11.8 Å². The van der Waals surface area contributed by atoms with Gasteiger partial charge in [0.05, 0.1) is 0 Å². The smallest absolute Gasteiger partial charge is 0.00243 e. The summed E-state index contributed by atoms with van der Waals surface area (Å²) in [6, 6.07) is 22.1. The van der Waals surface area contributed by atoms with E-state index in [9.17, 15) is 0 Å². The molecule has 1 fully saturated rings. The zero-order valence-corrected chi connectivity index (χ0v) is 10.9. The number of rotatable bonds is 2. The summed E-state index contributed by atoms with van der Waals surface area (Å²) in [7, 11) is 0. The maximum atomic E-state index is 2.45. The van der Waals surface area contributed by atoms with Gasteiger partial charge in [0.25, 0.3) is 0 Å². The molecule has 2 aromatic carbocycles. The maximum absolute atomic E-state index is 2.45. The summed E-state index contributed by atoms with van der Waals surface area (Å²) in [5.41, 5.74) is 3.02. The fourth-order valence-electron chi connectivity index (χ4n) is 4.08. The topological polar surface area (TPSA) is 0 Å². The number of fused-ring (bicyclic) bond motifs is 2. The highest BCUT2D eigenvalue weighted by molar-refractivity contribution is 5.37. The zero-order valence-electron chi connectivity index (χ0n) is 10.9. The summed E-state index contributed by atoms with van der Waals surface area (Å²) < 4.78 is 0. The van der Waals surface area contributed by atoms with Gasteiger partial charge in [0.15, 0.2) is 0 Å². The molecule has 4 atom stereocenters. The lowest BCUT2D eigenvalue weighted by Crippen LogP contribution is -2.16. The quantitative estimate of drug-likeness (QED) is 0.670. The summed E-state index contributed by atoms with van der Waals surface area (Å²) in [6.45, 7) is 0. The molecular weight excluding hydrogens is 228 g/mol. The number of hydrogen-bond donors (Lipinski definition) is 0. The molecular formula is C19H18. The first kappa shape index (κ1) is 11.0. The molecule has 94 valence electrons. The molecule has 4 rings (SSSR count). The fourth-order valence-corrected chi connectivity index (χ4v) is 4.08. The van der Waals surface area contributed by atoms with Crippen molar-refractivity contribution in [2.24, 2.45) is 11.8 Å². The van der Waals surface area contributed by atoms with Crippen LogP contribution in [0.3, 0.4) is 0 Å². The predicted molar refractivity (Wildman–Crippen MR) is 79.1 cm³/mol. The van der Waals surface area contributed by atoms with Gasteiger partial charge in [-0.15, -0.1) is 0 Å². The molecule has 0 aliphatic heterocycles. The van der Waals surface area contributed by atoms with Gasteiger partial charge < -0.3 is 0 Å². The van der Waals surface area contributed by atoms with Crippen molar-refractivity contribution in [2.45, 2.75) is 18.3 Å². The average Bonchev–Trinajstić information content (AvgIpc) is 3.10. The molecule has 0 amide bonds. The van der Waals surface area contributed by atoms with Gasteiger partial charge in [-0.2, -0.15) is 0 Å². The molecule has 4 unspecified atom stereocenters. The van der Waals surface area contributed by atoms with Crippen LogP contribution in [0.5, 0.6) is 0 Å². The number of allylic oxidation sites excluding steroid dienone is 2. The Bertz CT molecular complexity index is 528. The van der Waals surface area contributed by atoms with E-state index in [0.29, 0.717) is 11.8 Å². The Morgan fingerprint density at radius 2 is 1.00 bits per heavy atom. The van der Waals surface area contributed by atoms with Crippen LogP contribution in [0.1, 0.15) is 29.4 Å². The Hall–Kier alpha value is -1.82. The average molecular weight is 246 g/mol. The molecule has 1 saturated carbocycles. The highest BCUT2D eigenvalue weighted by Gasteiger charge is 2.45. The van der Waals surface area contributed by atoms with Crippen LogP contribution in [0.4, 0.5) is 0 Å².